The van der Waals surface area contributed by atoms with E-state index in [0.29, 0.717) is 33.6 Å². The highest BCUT2D eigenvalue weighted by molar-refractivity contribution is 6.32. The molecule has 1 N–H and O–H groups in total. The van der Waals surface area contributed by atoms with E-state index in [9.17, 15) is 9.59 Å². The fraction of sp³-hybridized carbons (Fsp3) is 0.160. The van der Waals surface area contributed by atoms with E-state index in [0.717, 1.165) is 0 Å². The molecule has 0 atom stereocenters. The lowest BCUT2D eigenvalue weighted by molar-refractivity contribution is -0.123. The summed E-state index contributed by atoms with van der Waals surface area (Å²) in [6, 6.07) is 16.4. The van der Waals surface area contributed by atoms with Crippen LogP contribution in [0.3, 0.4) is 0 Å². The second-order valence-corrected chi connectivity index (χ2v) is 7.30. The number of rotatable bonds is 10. The summed E-state index contributed by atoms with van der Waals surface area (Å²) < 4.78 is 26.6. The van der Waals surface area contributed by atoms with Gasteiger partial charge < -0.3 is 23.7 Å². The highest BCUT2D eigenvalue weighted by atomic mass is 35.5. The van der Waals surface area contributed by atoms with Crippen LogP contribution in [-0.2, 0) is 4.79 Å². The summed E-state index contributed by atoms with van der Waals surface area (Å²) in [6.07, 6.45) is 1.41. The van der Waals surface area contributed by atoms with E-state index in [4.69, 9.17) is 35.3 Å². The Morgan fingerprint density at radius 2 is 1.63 bits per heavy atom. The average molecular weight is 499 g/mol. The third kappa shape index (κ3) is 6.87. The molecular weight excluding hydrogens is 476 g/mol. The molecule has 0 bridgehead atoms. The quantitative estimate of drug-likeness (QED) is 0.194. The van der Waals surface area contributed by atoms with Crippen LogP contribution in [0, 0.1) is 0 Å². The van der Waals surface area contributed by atoms with Gasteiger partial charge in [0.25, 0.3) is 5.91 Å². The van der Waals surface area contributed by atoms with Gasteiger partial charge in [-0.3, -0.25) is 4.79 Å². The van der Waals surface area contributed by atoms with Crippen LogP contribution in [0.25, 0.3) is 0 Å². The summed E-state index contributed by atoms with van der Waals surface area (Å²) in [5.41, 5.74) is 3.16. The number of ether oxygens (including phenoxy) is 5. The minimum Gasteiger partial charge on any atom is -0.493 e. The molecule has 0 spiro atoms. The largest absolute Gasteiger partial charge is 0.493 e. The van der Waals surface area contributed by atoms with Crippen molar-refractivity contribution in [2.75, 3.05) is 27.9 Å². The molecule has 0 aromatic heterocycles. The van der Waals surface area contributed by atoms with Crippen molar-refractivity contribution in [1.82, 2.24) is 5.43 Å². The van der Waals surface area contributed by atoms with Gasteiger partial charge >= 0.3 is 5.97 Å². The number of halogens is 1. The van der Waals surface area contributed by atoms with Crippen molar-refractivity contribution in [3.8, 4) is 28.7 Å². The van der Waals surface area contributed by atoms with Crippen molar-refractivity contribution in [2.45, 2.75) is 0 Å². The van der Waals surface area contributed by atoms with Gasteiger partial charge in [0.05, 0.1) is 38.1 Å². The lowest BCUT2D eigenvalue weighted by Gasteiger charge is -2.13. The molecule has 9 nitrogen and oxygen atoms in total. The molecule has 3 rings (SSSR count). The average Bonchev–Trinajstić information content (AvgIpc) is 2.87. The van der Waals surface area contributed by atoms with E-state index in [-0.39, 0.29) is 17.9 Å². The molecule has 0 radical (unpaired) electrons. The third-order valence-corrected chi connectivity index (χ3v) is 4.88. The molecule has 0 saturated heterocycles. The Bertz CT molecular complexity index is 1200. The minimum absolute atomic E-state index is 0.212. The summed E-state index contributed by atoms with van der Waals surface area (Å²) in [7, 11) is 4.38. The van der Waals surface area contributed by atoms with Gasteiger partial charge in [0.2, 0.25) is 5.75 Å². The Hall–Kier alpha value is -4.24. The van der Waals surface area contributed by atoms with Crippen molar-refractivity contribution in [2.24, 2.45) is 5.10 Å². The Morgan fingerprint density at radius 1 is 0.914 bits per heavy atom. The van der Waals surface area contributed by atoms with Gasteiger partial charge in [-0.1, -0.05) is 35.9 Å². The minimum atomic E-state index is -0.622. The number of hydrogen-bond donors (Lipinski definition) is 1. The number of nitrogens with one attached hydrogen (secondary N) is 1. The molecule has 182 valence electrons. The van der Waals surface area contributed by atoms with Crippen LogP contribution in [0.5, 0.6) is 28.7 Å². The Balaban J connectivity index is 1.61. The molecule has 3 aromatic carbocycles. The molecule has 1 amide bonds. The number of benzene rings is 3. The lowest BCUT2D eigenvalue weighted by atomic mass is 10.1. The maximum atomic E-state index is 12.7. The van der Waals surface area contributed by atoms with E-state index in [1.807, 2.05) is 0 Å². The smallest absolute Gasteiger partial charge is 0.343 e. The van der Waals surface area contributed by atoms with Crippen LogP contribution in [0.1, 0.15) is 15.9 Å². The predicted molar refractivity (Wildman–Crippen MR) is 130 cm³/mol. The maximum absolute atomic E-state index is 12.7. The molecule has 0 fully saturated rings. The molecule has 0 heterocycles. The number of nitrogens with zero attached hydrogens (tertiary/aromatic N) is 1. The number of carbonyl (C=O) groups is 2. The van der Waals surface area contributed by atoms with Gasteiger partial charge in [-0.15, -0.1) is 0 Å². The van der Waals surface area contributed by atoms with Gasteiger partial charge in [-0.05, 0) is 42.0 Å². The SMILES string of the molecule is COc1cc(C(=O)Oc2cccc(/C=N\NC(=O)COc3ccccc3Cl)c2)cc(OC)c1OC. The molecule has 10 heteroatoms. The van der Waals surface area contributed by atoms with Crippen LogP contribution in [0.2, 0.25) is 5.02 Å². The fourth-order valence-corrected chi connectivity index (χ4v) is 3.13. The van der Waals surface area contributed by atoms with Gasteiger partial charge in [-0.25, -0.2) is 10.2 Å². The van der Waals surface area contributed by atoms with Crippen LogP contribution in [-0.4, -0.2) is 46.0 Å². The zero-order chi connectivity index (χ0) is 25.2. The second-order valence-electron chi connectivity index (χ2n) is 6.89. The van der Waals surface area contributed by atoms with E-state index >= 15 is 0 Å². The summed E-state index contributed by atoms with van der Waals surface area (Å²) in [6.45, 7) is -0.256. The number of carbonyl (C=O) groups excluding carboxylic acids is 2. The number of amides is 1. The monoisotopic (exact) mass is 498 g/mol. The van der Waals surface area contributed by atoms with Crippen molar-refractivity contribution in [1.29, 1.82) is 0 Å². The van der Waals surface area contributed by atoms with E-state index in [1.165, 1.54) is 39.7 Å². The molecule has 35 heavy (non-hydrogen) atoms. The van der Waals surface area contributed by atoms with Crippen molar-refractivity contribution >= 4 is 29.7 Å². The van der Waals surface area contributed by atoms with Gasteiger partial charge in [-0.2, -0.15) is 5.10 Å². The zero-order valence-corrected chi connectivity index (χ0v) is 20.0. The fourth-order valence-electron chi connectivity index (χ4n) is 2.94. The van der Waals surface area contributed by atoms with Gasteiger partial charge in [0, 0.05) is 0 Å². The zero-order valence-electron chi connectivity index (χ0n) is 19.2. The van der Waals surface area contributed by atoms with Crippen LogP contribution in [0.15, 0.2) is 65.8 Å². The van der Waals surface area contributed by atoms with E-state index in [1.54, 1.807) is 48.5 Å². The Kier molecular flexibility index (Phi) is 8.91. The molecule has 3 aromatic rings. The predicted octanol–water partition coefficient (Wildman–Crippen LogP) is 4.11. The number of hydrogen-bond acceptors (Lipinski definition) is 8. The molecule has 0 saturated carbocycles. The first-order valence-corrected chi connectivity index (χ1v) is 10.6. The number of methoxy groups -OCH3 is 3. The number of para-hydroxylation sites is 1. The standard InChI is InChI=1S/C25H23ClN2O7/c1-31-21-12-17(13-22(32-2)24(21)33-3)25(30)35-18-8-6-7-16(11-18)14-27-28-23(29)15-34-20-10-5-4-9-19(20)26/h4-14H,15H2,1-3H3,(H,28,29)/b27-14-. The second kappa shape index (κ2) is 12.3. The normalized spacial score (nSPS) is 10.5. The molecular formula is C25H23ClN2O7. The molecule has 0 aliphatic rings. The maximum Gasteiger partial charge on any atom is 0.343 e. The Labute approximate surface area is 207 Å². The van der Waals surface area contributed by atoms with Crippen LogP contribution in [0.4, 0.5) is 0 Å². The number of esters is 1. The summed E-state index contributed by atoms with van der Waals surface area (Å²) >= 11 is 5.99. The highest BCUT2D eigenvalue weighted by Gasteiger charge is 2.18. The van der Waals surface area contributed by atoms with Crippen molar-refractivity contribution in [3.05, 3.63) is 76.8 Å². The molecule has 0 unspecified atom stereocenters. The van der Waals surface area contributed by atoms with Crippen LogP contribution >= 0.6 is 11.6 Å². The van der Waals surface area contributed by atoms with Crippen LogP contribution < -0.4 is 29.1 Å². The van der Waals surface area contributed by atoms with Gasteiger partial charge in [0.1, 0.15) is 11.5 Å². The molecule has 0 aliphatic carbocycles. The first-order valence-electron chi connectivity index (χ1n) is 10.3. The molecule has 0 aliphatic heterocycles. The number of hydrazone groups is 1. The topological polar surface area (TPSA) is 105 Å². The summed E-state index contributed by atoms with van der Waals surface area (Å²) in [5.74, 6) is 0.609. The summed E-state index contributed by atoms with van der Waals surface area (Å²) in [5, 5.41) is 4.30. The van der Waals surface area contributed by atoms with E-state index in [2.05, 4.69) is 10.5 Å². The highest BCUT2D eigenvalue weighted by Crippen LogP contribution is 2.38. The third-order valence-electron chi connectivity index (χ3n) is 4.57. The lowest BCUT2D eigenvalue weighted by Crippen LogP contribution is -2.24. The first kappa shape index (κ1) is 25.4. The first-order chi connectivity index (χ1) is 16.9. The van der Waals surface area contributed by atoms with E-state index < -0.39 is 11.9 Å². The summed E-state index contributed by atoms with van der Waals surface area (Å²) in [4.78, 5) is 24.6. The van der Waals surface area contributed by atoms with Gasteiger partial charge in [0.15, 0.2) is 18.1 Å². The van der Waals surface area contributed by atoms with Crippen molar-refractivity contribution in [3.63, 3.8) is 0 Å². The van der Waals surface area contributed by atoms with Crippen molar-refractivity contribution < 1.29 is 33.3 Å². The Morgan fingerprint density at radius 3 is 2.29 bits per heavy atom.